The molecule has 0 saturated heterocycles. The maximum atomic E-state index is 12.7. The summed E-state index contributed by atoms with van der Waals surface area (Å²) >= 11 is 5.83. The molecule has 25 heavy (non-hydrogen) atoms. The number of benzene rings is 2. The van der Waals surface area contributed by atoms with Crippen LogP contribution in [-0.2, 0) is 6.18 Å². The van der Waals surface area contributed by atoms with Crippen LogP contribution in [0.15, 0.2) is 48.5 Å². The molecule has 0 fully saturated rings. The number of halogens is 4. The van der Waals surface area contributed by atoms with E-state index in [4.69, 9.17) is 11.6 Å². The SMILES string of the molecule is O=C(O)c1nnn(-c2ccc(C(F)(F)F)cc2)c1-c1ccc(Cl)cc1. The fourth-order valence-electron chi connectivity index (χ4n) is 2.27. The van der Waals surface area contributed by atoms with E-state index >= 15 is 0 Å². The molecule has 0 aliphatic carbocycles. The van der Waals surface area contributed by atoms with Crippen molar-refractivity contribution in [2.75, 3.05) is 0 Å². The van der Waals surface area contributed by atoms with E-state index in [-0.39, 0.29) is 17.1 Å². The Morgan fingerprint density at radius 1 is 1.04 bits per heavy atom. The minimum atomic E-state index is -4.47. The fraction of sp³-hybridized carbons (Fsp3) is 0.0625. The van der Waals surface area contributed by atoms with E-state index in [1.165, 1.54) is 16.8 Å². The molecule has 128 valence electrons. The third-order valence-corrected chi connectivity index (χ3v) is 3.68. The molecular weight excluding hydrogens is 359 g/mol. The van der Waals surface area contributed by atoms with Gasteiger partial charge in [0.25, 0.3) is 0 Å². The molecule has 1 heterocycles. The number of aromatic nitrogens is 3. The van der Waals surface area contributed by atoms with Gasteiger partial charge in [0.15, 0.2) is 5.69 Å². The lowest BCUT2D eigenvalue weighted by molar-refractivity contribution is -0.137. The van der Waals surface area contributed by atoms with Crippen molar-refractivity contribution >= 4 is 17.6 Å². The first-order valence-corrected chi connectivity index (χ1v) is 7.28. The normalized spacial score (nSPS) is 11.5. The summed E-state index contributed by atoms with van der Waals surface area (Å²) in [6.07, 6.45) is -4.47. The van der Waals surface area contributed by atoms with Crippen molar-refractivity contribution in [3.05, 3.63) is 64.8 Å². The predicted molar refractivity (Wildman–Crippen MR) is 83.8 cm³/mol. The summed E-state index contributed by atoms with van der Waals surface area (Å²) in [4.78, 5) is 11.4. The molecule has 0 bridgehead atoms. The van der Waals surface area contributed by atoms with Crippen LogP contribution in [0.25, 0.3) is 16.9 Å². The predicted octanol–water partition coefficient (Wildman–Crippen LogP) is 4.30. The number of carboxylic acids is 1. The van der Waals surface area contributed by atoms with Crippen molar-refractivity contribution in [2.24, 2.45) is 0 Å². The second-order valence-corrected chi connectivity index (χ2v) is 5.49. The molecule has 9 heteroatoms. The second kappa shape index (κ2) is 6.21. The lowest BCUT2D eigenvalue weighted by Crippen LogP contribution is -2.06. The maximum Gasteiger partial charge on any atom is 0.416 e. The lowest BCUT2D eigenvalue weighted by Gasteiger charge is -2.10. The van der Waals surface area contributed by atoms with Crippen LogP contribution < -0.4 is 0 Å². The Hall–Kier alpha value is -2.87. The highest BCUT2D eigenvalue weighted by molar-refractivity contribution is 6.30. The number of carbonyl (C=O) groups is 1. The maximum absolute atomic E-state index is 12.7. The molecule has 1 N–H and O–H groups in total. The molecule has 5 nitrogen and oxygen atoms in total. The first-order valence-electron chi connectivity index (χ1n) is 6.90. The van der Waals surface area contributed by atoms with Crippen molar-refractivity contribution in [2.45, 2.75) is 6.18 Å². The Balaban J connectivity index is 2.14. The molecule has 3 rings (SSSR count). The topological polar surface area (TPSA) is 68.0 Å². The van der Waals surface area contributed by atoms with Crippen LogP contribution in [0.5, 0.6) is 0 Å². The van der Waals surface area contributed by atoms with Gasteiger partial charge >= 0.3 is 12.1 Å². The Bertz CT molecular complexity index is 919. The Kier molecular flexibility index (Phi) is 4.22. The summed E-state index contributed by atoms with van der Waals surface area (Å²) in [5, 5.41) is 17.1. The van der Waals surface area contributed by atoms with Crippen molar-refractivity contribution in [1.29, 1.82) is 0 Å². The molecule has 0 amide bonds. The number of hydrogen-bond donors (Lipinski definition) is 1. The molecule has 0 spiro atoms. The molecule has 1 aromatic heterocycles. The number of nitrogens with zero attached hydrogens (tertiary/aromatic N) is 3. The number of rotatable bonds is 3. The number of aromatic carboxylic acids is 1. The van der Waals surface area contributed by atoms with Gasteiger partial charge in [-0.15, -0.1) is 5.10 Å². The van der Waals surface area contributed by atoms with E-state index in [0.29, 0.717) is 10.6 Å². The van der Waals surface area contributed by atoms with E-state index in [2.05, 4.69) is 10.3 Å². The summed E-state index contributed by atoms with van der Waals surface area (Å²) in [7, 11) is 0. The Labute approximate surface area is 144 Å². The van der Waals surface area contributed by atoms with Gasteiger partial charge in [-0.2, -0.15) is 13.2 Å². The van der Waals surface area contributed by atoms with Gasteiger partial charge in [-0.25, -0.2) is 9.48 Å². The highest BCUT2D eigenvalue weighted by Gasteiger charge is 2.30. The van der Waals surface area contributed by atoms with E-state index in [0.717, 1.165) is 12.1 Å². The third-order valence-electron chi connectivity index (χ3n) is 3.43. The van der Waals surface area contributed by atoms with Crippen LogP contribution in [-0.4, -0.2) is 26.1 Å². The van der Waals surface area contributed by atoms with Gasteiger partial charge in [-0.05, 0) is 36.4 Å². The van der Waals surface area contributed by atoms with Crippen molar-refractivity contribution in [1.82, 2.24) is 15.0 Å². The summed E-state index contributed by atoms with van der Waals surface area (Å²) in [5.74, 6) is -1.30. The van der Waals surface area contributed by atoms with Crippen LogP contribution >= 0.6 is 11.6 Å². The Morgan fingerprint density at radius 2 is 1.64 bits per heavy atom. The Morgan fingerprint density at radius 3 is 2.16 bits per heavy atom. The molecule has 0 aliphatic heterocycles. The van der Waals surface area contributed by atoms with Gasteiger partial charge in [0.2, 0.25) is 0 Å². The van der Waals surface area contributed by atoms with Crippen LogP contribution in [0.2, 0.25) is 5.02 Å². The zero-order valence-electron chi connectivity index (χ0n) is 12.3. The number of hydrogen-bond acceptors (Lipinski definition) is 3. The first-order chi connectivity index (χ1) is 11.8. The van der Waals surface area contributed by atoms with Gasteiger partial charge in [0, 0.05) is 10.6 Å². The van der Waals surface area contributed by atoms with E-state index in [1.807, 2.05) is 0 Å². The zero-order chi connectivity index (χ0) is 18.2. The zero-order valence-corrected chi connectivity index (χ0v) is 13.1. The summed E-state index contributed by atoms with van der Waals surface area (Å²) < 4.78 is 39.2. The lowest BCUT2D eigenvalue weighted by atomic mass is 10.1. The minimum Gasteiger partial charge on any atom is -0.476 e. The average Bonchev–Trinajstić information content (AvgIpc) is 3.00. The molecule has 0 atom stereocenters. The van der Waals surface area contributed by atoms with E-state index in [9.17, 15) is 23.1 Å². The molecular formula is C16H9ClF3N3O2. The van der Waals surface area contributed by atoms with Gasteiger partial charge in [0.05, 0.1) is 11.3 Å². The fourth-order valence-corrected chi connectivity index (χ4v) is 2.39. The molecule has 3 aromatic rings. The van der Waals surface area contributed by atoms with Crippen molar-refractivity contribution < 1.29 is 23.1 Å². The first kappa shape index (κ1) is 17.0. The van der Waals surface area contributed by atoms with Crippen LogP contribution in [0, 0.1) is 0 Å². The highest BCUT2D eigenvalue weighted by atomic mass is 35.5. The summed E-state index contributed by atoms with van der Waals surface area (Å²) in [6.45, 7) is 0. The third kappa shape index (κ3) is 3.34. The van der Waals surface area contributed by atoms with Crippen LogP contribution in [0.1, 0.15) is 16.1 Å². The van der Waals surface area contributed by atoms with E-state index in [1.54, 1.807) is 24.3 Å². The smallest absolute Gasteiger partial charge is 0.416 e. The average molecular weight is 368 g/mol. The largest absolute Gasteiger partial charge is 0.476 e. The minimum absolute atomic E-state index is 0.143. The van der Waals surface area contributed by atoms with Crippen molar-refractivity contribution in [3.63, 3.8) is 0 Å². The molecule has 2 aromatic carbocycles. The van der Waals surface area contributed by atoms with Crippen LogP contribution in [0.3, 0.4) is 0 Å². The molecule has 0 aliphatic rings. The molecule has 0 unspecified atom stereocenters. The summed E-state index contributed by atoms with van der Waals surface area (Å²) in [5.41, 5.74) is -0.279. The second-order valence-electron chi connectivity index (χ2n) is 5.06. The van der Waals surface area contributed by atoms with Crippen LogP contribution in [0.4, 0.5) is 13.2 Å². The van der Waals surface area contributed by atoms with Gasteiger partial charge in [-0.3, -0.25) is 0 Å². The van der Waals surface area contributed by atoms with Gasteiger partial charge in [-0.1, -0.05) is 28.9 Å². The van der Waals surface area contributed by atoms with Crippen molar-refractivity contribution in [3.8, 4) is 16.9 Å². The van der Waals surface area contributed by atoms with Gasteiger partial charge < -0.3 is 5.11 Å². The highest BCUT2D eigenvalue weighted by Crippen LogP contribution is 2.31. The van der Waals surface area contributed by atoms with Gasteiger partial charge in [0.1, 0.15) is 5.69 Å². The summed E-state index contributed by atoms with van der Waals surface area (Å²) in [6, 6.07) is 10.5. The standard InChI is InChI=1S/C16H9ClF3N3O2/c17-11-5-1-9(2-6-11)14-13(15(24)25)21-22-23(14)12-7-3-10(4-8-12)16(18,19)20/h1-8H,(H,24,25). The quantitative estimate of drug-likeness (QED) is 0.749. The monoisotopic (exact) mass is 367 g/mol. The number of carboxylic acid groups (broad SMARTS) is 1. The molecule has 0 saturated carbocycles. The molecule has 0 radical (unpaired) electrons. The number of alkyl halides is 3. The van der Waals surface area contributed by atoms with E-state index < -0.39 is 17.7 Å².